The molecule has 0 bridgehead atoms. The first kappa shape index (κ1) is 16.1. The van der Waals surface area contributed by atoms with Crippen LogP contribution in [0.4, 0.5) is 13.2 Å². The van der Waals surface area contributed by atoms with Crippen molar-refractivity contribution in [1.29, 1.82) is 5.41 Å². The number of hydrogen-bond donors (Lipinski definition) is 1. The molecular weight excluding hydrogens is 279 g/mol. The number of alkyl halides is 3. The largest absolute Gasteiger partial charge is 0.447 e. The van der Waals surface area contributed by atoms with Crippen molar-refractivity contribution in [3.8, 4) is 0 Å². The van der Waals surface area contributed by atoms with E-state index in [0.717, 1.165) is 37.7 Å². The van der Waals surface area contributed by atoms with Crippen molar-refractivity contribution in [3.63, 3.8) is 0 Å². The second-order valence-corrected chi connectivity index (χ2v) is 5.89. The molecule has 0 aromatic carbocycles. The topological polar surface area (TPSA) is 33.1 Å². The number of allylic oxidation sites excluding steroid dienone is 4. The zero-order valence-electron chi connectivity index (χ0n) is 12.5. The molecule has 1 heterocycles. The highest BCUT2D eigenvalue weighted by molar-refractivity contribution is 5.76. The van der Waals surface area contributed by atoms with Gasteiger partial charge in [-0.15, -0.1) is 0 Å². The van der Waals surface area contributed by atoms with E-state index in [9.17, 15) is 13.2 Å². The highest BCUT2D eigenvalue weighted by atomic mass is 19.4. The van der Waals surface area contributed by atoms with Crippen molar-refractivity contribution in [2.45, 2.75) is 58.5 Å². The predicted octanol–water partition coefficient (Wildman–Crippen LogP) is 5.36. The molecule has 0 radical (unpaired) electrons. The zero-order chi connectivity index (χ0) is 15.6. The van der Waals surface area contributed by atoms with Gasteiger partial charge in [-0.25, -0.2) is 0 Å². The SMILES string of the molecule is CCCC1=CC2=C(OC(=N)CC2C(F)(F)F)C(CCC)C1. The van der Waals surface area contributed by atoms with E-state index < -0.39 is 12.1 Å². The molecule has 0 spiro atoms. The summed E-state index contributed by atoms with van der Waals surface area (Å²) in [4.78, 5) is 0. The lowest BCUT2D eigenvalue weighted by Crippen LogP contribution is -2.35. The molecule has 2 nitrogen and oxygen atoms in total. The zero-order valence-corrected chi connectivity index (χ0v) is 12.5. The number of hydrogen-bond acceptors (Lipinski definition) is 2. The van der Waals surface area contributed by atoms with E-state index in [1.54, 1.807) is 6.08 Å². The Morgan fingerprint density at radius 3 is 2.52 bits per heavy atom. The van der Waals surface area contributed by atoms with E-state index in [1.165, 1.54) is 0 Å². The molecule has 0 aromatic rings. The fraction of sp³-hybridized carbons (Fsp3) is 0.688. The quantitative estimate of drug-likeness (QED) is 0.744. The summed E-state index contributed by atoms with van der Waals surface area (Å²) in [5.74, 6) is -1.46. The second kappa shape index (κ2) is 6.24. The average molecular weight is 301 g/mol. The van der Waals surface area contributed by atoms with Gasteiger partial charge >= 0.3 is 6.18 Å². The van der Waals surface area contributed by atoms with Gasteiger partial charge < -0.3 is 4.74 Å². The Labute approximate surface area is 123 Å². The fourth-order valence-corrected chi connectivity index (χ4v) is 3.25. The van der Waals surface area contributed by atoms with Crippen LogP contribution in [0.2, 0.25) is 0 Å². The van der Waals surface area contributed by atoms with Crippen molar-refractivity contribution >= 4 is 5.90 Å². The number of nitrogens with one attached hydrogen (secondary N) is 1. The van der Waals surface area contributed by atoms with Crippen molar-refractivity contribution in [1.82, 2.24) is 0 Å². The summed E-state index contributed by atoms with van der Waals surface area (Å²) >= 11 is 0. The van der Waals surface area contributed by atoms with Crippen LogP contribution in [0.1, 0.15) is 52.4 Å². The van der Waals surface area contributed by atoms with Crippen LogP contribution in [-0.4, -0.2) is 12.1 Å². The van der Waals surface area contributed by atoms with Gasteiger partial charge in [0.15, 0.2) is 5.90 Å². The highest BCUT2D eigenvalue weighted by Crippen LogP contribution is 2.46. The van der Waals surface area contributed by atoms with Gasteiger partial charge in [-0.05, 0) is 19.3 Å². The molecule has 1 aliphatic carbocycles. The third kappa shape index (κ3) is 3.50. The van der Waals surface area contributed by atoms with Gasteiger partial charge in [0.1, 0.15) is 5.76 Å². The Balaban J connectivity index is 2.44. The lowest BCUT2D eigenvalue weighted by Gasteiger charge is -2.36. The van der Waals surface area contributed by atoms with Gasteiger partial charge in [0.25, 0.3) is 0 Å². The average Bonchev–Trinajstić information content (AvgIpc) is 2.38. The molecule has 2 aliphatic rings. The van der Waals surface area contributed by atoms with E-state index in [1.807, 2.05) is 13.8 Å². The molecule has 1 aliphatic heterocycles. The van der Waals surface area contributed by atoms with Gasteiger partial charge in [0, 0.05) is 17.9 Å². The van der Waals surface area contributed by atoms with Crippen LogP contribution in [-0.2, 0) is 4.74 Å². The summed E-state index contributed by atoms with van der Waals surface area (Å²) in [6.07, 6.45) is 1.22. The van der Waals surface area contributed by atoms with Gasteiger partial charge in [-0.3, -0.25) is 5.41 Å². The third-order valence-electron chi connectivity index (χ3n) is 4.12. The summed E-state index contributed by atoms with van der Waals surface area (Å²) in [6, 6.07) is 0. The summed E-state index contributed by atoms with van der Waals surface area (Å²) in [5, 5.41) is 7.60. The lowest BCUT2D eigenvalue weighted by atomic mass is 9.78. The van der Waals surface area contributed by atoms with E-state index >= 15 is 0 Å². The van der Waals surface area contributed by atoms with Crippen LogP contribution >= 0.6 is 0 Å². The van der Waals surface area contributed by atoms with E-state index in [2.05, 4.69) is 0 Å². The smallest absolute Gasteiger partial charge is 0.396 e. The van der Waals surface area contributed by atoms with Crippen LogP contribution in [0, 0.1) is 17.2 Å². The maximum absolute atomic E-state index is 13.3. The van der Waals surface area contributed by atoms with Gasteiger partial charge in [0.2, 0.25) is 0 Å². The van der Waals surface area contributed by atoms with Crippen molar-refractivity contribution < 1.29 is 17.9 Å². The summed E-state index contributed by atoms with van der Waals surface area (Å²) in [5.41, 5.74) is 1.35. The van der Waals surface area contributed by atoms with Gasteiger partial charge in [-0.1, -0.05) is 38.3 Å². The van der Waals surface area contributed by atoms with Gasteiger partial charge in [0.05, 0.1) is 5.92 Å². The van der Waals surface area contributed by atoms with Crippen LogP contribution in [0.3, 0.4) is 0 Å². The van der Waals surface area contributed by atoms with E-state index in [0.29, 0.717) is 5.76 Å². The Morgan fingerprint density at radius 1 is 1.24 bits per heavy atom. The number of rotatable bonds is 4. The molecular formula is C16H22F3NO. The Morgan fingerprint density at radius 2 is 1.95 bits per heavy atom. The molecule has 0 amide bonds. The van der Waals surface area contributed by atoms with Crippen LogP contribution in [0.25, 0.3) is 0 Å². The molecule has 0 saturated carbocycles. The minimum Gasteiger partial charge on any atom is -0.447 e. The number of ether oxygens (including phenoxy) is 1. The summed E-state index contributed by atoms with van der Waals surface area (Å²) < 4.78 is 45.3. The molecule has 0 saturated heterocycles. The van der Waals surface area contributed by atoms with Crippen LogP contribution in [0.5, 0.6) is 0 Å². The van der Waals surface area contributed by atoms with E-state index in [4.69, 9.17) is 10.1 Å². The summed E-state index contributed by atoms with van der Waals surface area (Å²) in [7, 11) is 0. The number of halogens is 3. The molecule has 0 fully saturated rings. The highest BCUT2D eigenvalue weighted by Gasteiger charge is 2.47. The molecule has 2 atom stereocenters. The van der Waals surface area contributed by atoms with Crippen molar-refractivity contribution in [3.05, 3.63) is 23.0 Å². The molecule has 118 valence electrons. The van der Waals surface area contributed by atoms with Crippen molar-refractivity contribution in [2.75, 3.05) is 0 Å². The predicted molar refractivity (Wildman–Crippen MR) is 76.0 cm³/mol. The molecule has 2 rings (SSSR count). The first-order chi connectivity index (χ1) is 9.86. The third-order valence-corrected chi connectivity index (χ3v) is 4.12. The van der Waals surface area contributed by atoms with Gasteiger partial charge in [-0.2, -0.15) is 13.2 Å². The molecule has 21 heavy (non-hydrogen) atoms. The minimum absolute atomic E-state index is 0.0120. The first-order valence-corrected chi connectivity index (χ1v) is 7.62. The van der Waals surface area contributed by atoms with Crippen molar-refractivity contribution in [2.24, 2.45) is 11.8 Å². The maximum atomic E-state index is 13.3. The van der Waals surface area contributed by atoms with Crippen LogP contribution < -0.4 is 0 Å². The normalized spacial score (nSPS) is 26.3. The molecule has 1 N–H and O–H groups in total. The molecule has 5 heteroatoms. The fourth-order valence-electron chi connectivity index (χ4n) is 3.25. The Kier molecular flexibility index (Phi) is 4.79. The standard InChI is InChI=1S/C16H22F3NO/c1-3-5-10-7-11(6-4-2)15-12(8-10)13(16(17,18)19)9-14(20)21-15/h8,11,13,20H,3-7,9H2,1-2H3. The maximum Gasteiger partial charge on any atom is 0.396 e. The minimum atomic E-state index is -4.32. The molecule has 0 aromatic heterocycles. The summed E-state index contributed by atoms with van der Waals surface area (Å²) in [6.45, 7) is 4.06. The van der Waals surface area contributed by atoms with Crippen LogP contribution in [0.15, 0.2) is 23.0 Å². The Hall–Kier alpha value is -1.26. The lowest BCUT2D eigenvalue weighted by molar-refractivity contribution is -0.164. The second-order valence-electron chi connectivity index (χ2n) is 5.89. The van der Waals surface area contributed by atoms with E-state index in [-0.39, 0.29) is 23.8 Å². The monoisotopic (exact) mass is 301 g/mol. The Bertz CT molecular complexity index is 476. The first-order valence-electron chi connectivity index (χ1n) is 7.62. The molecule has 2 unspecified atom stereocenters.